The van der Waals surface area contributed by atoms with Gasteiger partial charge in [-0.2, -0.15) is 5.10 Å². The van der Waals surface area contributed by atoms with Crippen molar-refractivity contribution in [3.8, 4) is 0 Å². The van der Waals surface area contributed by atoms with Crippen LogP contribution in [0, 0.1) is 0 Å². The number of anilines is 1. The Bertz CT molecular complexity index is 645. The van der Waals surface area contributed by atoms with Crippen molar-refractivity contribution in [1.82, 2.24) is 15.1 Å². The smallest absolute Gasteiger partial charge is 0.251 e. The number of aromatic nitrogens is 2. The van der Waals surface area contributed by atoms with E-state index in [1.54, 1.807) is 6.20 Å². The number of carbonyl (C=O) groups is 1. The normalized spacial score (nSPS) is 14.6. The zero-order chi connectivity index (χ0) is 14.5. The molecule has 0 spiro atoms. The number of hydrogen-bond donors (Lipinski definition) is 2. The summed E-state index contributed by atoms with van der Waals surface area (Å²) in [5, 5.41) is 10.4. The topological polar surface area (TPSA) is 59.0 Å². The number of nitrogens with zero attached hydrogens (tertiary/aromatic N) is 2. The Labute approximate surface area is 123 Å². The first kappa shape index (κ1) is 13.6. The minimum atomic E-state index is -0.0317. The molecule has 0 saturated heterocycles. The van der Waals surface area contributed by atoms with Gasteiger partial charge in [0.25, 0.3) is 5.91 Å². The highest BCUT2D eigenvalue weighted by atomic mass is 16.1. The van der Waals surface area contributed by atoms with E-state index in [0.717, 1.165) is 30.8 Å². The van der Waals surface area contributed by atoms with Gasteiger partial charge in [0.05, 0.1) is 18.4 Å². The van der Waals surface area contributed by atoms with Crippen LogP contribution in [0.4, 0.5) is 5.69 Å². The van der Waals surface area contributed by atoms with Crippen LogP contribution in [-0.4, -0.2) is 28.8 Å². The third-order valence-electron chi connectivity index (χ3n) is 3.43. The van der Waals surface area contributed by atoms with Gasteiger partial charge in [-0.3, -0.25) is 9.48 Å². The van der Waals surface area contributed by atoms with E-state index in [1.165, 1.54) is 5.56 Å². The first-order chi connectivity index (χ1) is 10.3. The molecule has 5 heteroatoms. The molecule has 0 unspecified atom stereocenters. The van der Waals surface area contributed by atoms with Gasteiger partial charge in [-0.05, 0) is 18.5 Å². The fourth-order valence-electron chi connectivity index (χ4n) is 2.33. The molecule has 1 aromatic heterocycles. The highest BCUT2D eigenvalue weighted by molar-refractivity contribution is 6.03. The lowest BCUT2D eigenvalue weighted by molar-refractivity contribution is -0.113. The lowest BCUT2D eigenvalue weighted by Gasteiger charge is -2.12. The van der Waals surface area contributed by atoms with Crippen LogP contribution in [-0.2, 0) is 11.3 Å². The van der Waals surface area contributed by atoms with Crippen LogP contribution in [0.2, 0.25) is 0 Å². The minimum Gasteiger partial charge on any atom is -0.320 e. The van der Waals surface area contributed by atoms with Crippen LogP contribution < -0.4 is 10.6 Å². The van der Waals surface area contributed by atoms with E-state index in [4.69, 9.17) is 0 Å². The van der Waals surface area contributed by atoms with Crippen LogP contribution in [0.3, 0.4) is 0 Å². The Balaban J connectivity index is 1.62. The summed E-state index contributed by atoms with van der Waals surface area (Å²) in [4.78, 5) is 12.1. The molecule has 108 valence electrons. The van der Waals surface area contributed by atoms with E-state index < -0.39 is 0 Å². The van der Waals surface area contributed by atoms with Crippen LogP contribution >= 0.6 is 0 Å². The van der Waals surface area contributed by atoms with Gasteiger partial charge in [-0.1, -0.05) is 36.4 Å². The van der Waals surface area contributed by atoms with Gasteiger partial charge < -0.3 is 10.6 Å². The number of benzene rings is 1. The van der Waals surface area contributed by atoms with Gasteiger partial charge >= 0.3 is 0 Å². The van der Waals surface area contributed by atoms with Crippen molar-refractivity contribution in [3.63, 3.8) is 0 Å². The summed E-state index contributed by atoms with van der Waals surface area (Å²) in [5.41, 5.74) is 2.75. The minimum absolute atomic E-state index is 0.0317. The quantitative estimate of drug-likeness (QED) is 0.899. The molecule has 3 rings (SSSR count). The average Bonchev–Trinajstić information content (AvgIpc) is 2.96. The number of hydrogen-bond acceptors (Lipinski definition) is 3. The van der Waals surface area contributed by atoms with Crippen molar-refractivity contribution in [2.45, 2.75) is 13.0 Å². The highest BCUT2D eigenvalue weighted by Gasteiger charge is 2.12. The second-order valence-electron chi connectivity index (χ2n) is 5.05. The summed E-state index contributed by atoms with van der Waals surface area (Å²) >= 11 is 0. The first-order valence-electron chi connectivity index (χ1n) is 7.09. The fourth-order valence-corrected chi connectivity index (χ4v) is 2.33. The van der Waals surface area contributed by atoms with Crippen LogP contribution in [0.15, 0.2) is 54.4 Å². The van der Waals surface area contributed by atoms with Crippen LogP contribution in [0.1, 0.15) is 12.0 Å². The zero-order valence-corrected chi connectivity index (χ0v) is 11.7. The third-order valence-corrected chi connectivity index (χ3v) is 3.43. The molecule has 0 atom stereocenters. The molecule has 2 aromatic rings. The van der Waals surface area contributed by atoms with E-state index >= 15 is 0 Å². The van der Waals surface area contributed by atoms with Crippen molar-refractivity contribution in [3.05, 3.63) is 59.9 Å². The monoisotopic (exact) mass is 282 g/mol. The Morgan fingerprint density at radius 3 is 2.95 bits per heavy atom. The van der Waals surface area contributed by atoms with Gasteiger partial charge in [0, 0.05) is 18.3 Å². The lowest BCUT2D eigenvalue weighted by atomic mass is 10.1. The van der Waals surface area contributed by atoms with Crippen molar-refractivity contribution < 1.29 is 4.79 Å². The summed E-state index contributed by atoms with van der Waals surface area (Å²) in [6.07, 6.45) is 6.24. The van der Waals surface area contributed by atoms with E-state index in [9.17, 15) is 4.79 Å². The molecule has 0 saturated carbocycles. The SMILES string of the molecule is O=C(Nc1cnn(Cc2ccccc2)c1)C1=CCNCC1. The maximum atomic E-state index is 12.1. The maximum Gasteiger partial charge on any atom is 0.251 e. The zero-order valence-electron chi connectivity index (χ0n) is 11.7. The fraction of sp³-hybridized carbons (Fsp3) is 0.250. The summed E-state index contributed by atoms with van der Waals surface area (Å²) in [6, 6.07) is 10.1. The Hall–Kier alpha value is -2.40. The number of nitrogens with one attached hydrogen (secondary N) is 2. The number of amides is 1. The summed E-state index contributed by atoms with van der Waals surface area (Å²) in [5.74, 6) is -0.0317. The molecule has 21 heavy (non-hydrogen) atoms. The molecule has 0 radical (unpaired) electrons. The largest absolute Gasteiger partial charge is 0.320 e. The maximum absolute atomic E-state index is 12.1. The molecule has 5 nitrogen and oxygen atoms in total. The summed E-state index contributed by atoms with van der Waals surface area (Å²) in [6.45, 7) is 2.31. The second kappa shape index (κ2) is 6.37. The molecule has 0 bridgehead atoms. The van der Waals surface area contributed by atoms with Crippen molar-refractivity contribution in [1.29, 1.82) is 0 Å². The Kier molecular flexibility index (Phi) is 4.12. The predicted octanol–water partition coefficient (Wildman–Crippen LogP) is 1.79. The van der Waals surface area contributed by atoms with Crippen molar-refractivity contribution >= 4 is 11.6 Å². The standard InChI is InChI=1S/C16H18N4O/c21-16(14-6-8-17-9-7-14)19-15-10-18-20(12-15)11-13-4-2-1-3-5-13/h1-6,10,12,17H,7-9,11H2,(H,19,21). The molecule has 0 aliphatic carbocycles. The molecule has 1 amide bonds. The molecular weight excluding hydrogens is 264 g/mol. The van der Waals surface area contributed by atoms with Gasteiger partial charge in [0.15, 0.2) is 0 Å². The first-order valence-corrected chi connectivity index (χ1v) is 7.09. The lowest BCUT2D eigenvalue weighted by Crippen LogP contribution is -2.26. The van der Waals surface area contributed by atoms with Gasteiger partial charge in [0.2, 0.25) is 0 Å². The van der Waals surface area contributed by atoms with Crippen LogP contribution in [0.25, 0.3) is 0 Å². The highest BCUT2D eigenvalue weighted by Crippen LogP contribution is 2.11. The summed E-state index contributed by atoms with van der Waals surface area (Å²) in [7, 11) is 0. The number of carbonyl (C=O) groups excluding carboxylic acids is 1. The molecule has 2 heterocycles. The summed E-state index contributed by atoms with van der Waals surface area (Å²) < 4.78 is 1.82. The molecule has 1 aromatic carbocycles. The molecule has 2 N–H and O–H groups in total. The predicted molar refractivity (Wildman–Crippen MR) is 82.0 cm³/mol. The van der Waals surface area contributed by atoms with E-state index in [0.29, 0.717) is 6.54 Å². The van der Waals surface area contributed by atoms with Gasteiger partial charge in [-0.15, -0.1) is 0 Å². The van der Waals surface area contributed by atoms with E-state index in [2.05, 4.69) is 27.9 Å². The molecule has 0 fully saturated rings. The van der Waals surface area contributed by atoms with Crippen LogP contribution in [0.5, 0.6) is 0 Å². The number of rotatable bonds is 4. The third kappa shape index (κ3) is 3.58. The second-order valence-corrected chi connectivity index (χ2v) is 5.05. The Morgan fingerprint density at radius 1 is 1.33 bits per heavy atom. The van der Waals surface area contributed by atoms with E-state index in [-0.39, 0.29) is 5.91 Å². The van der Waals surface area contributed by atoms with Gasteiger partial charge in [0.1, 0.15) is 0 Å². The Morgan fingerprint density at radius 2 is 2.19 bits per heavy atom. The molecular formula is C16H18N4O. The molecule has 1 aliphatic heterocycles. The van der Waals surface area contributed by atoms with E-state index in [1.807, 2.05) is 35.2 Å². The van der Waals surface area contributed by atoms with Crippen molar-refractivity contribution in [2.75, 3.05) is 18.4 Å². The van der Waals surface area contributed by atoms with Gasteiger partial charge in [-0.25, -0.2) is 0 Å². The van der Waals surface area contributed by atoms with Crippen molar-refractivity contribution in [2.24, 2.45) is 0 Å². The molecule has 1 aliphatic rings. The average molecular weight is 282 g/mol.